The van der Waals surface area contributed by atoms with Gasteiger partial charge in [0, 0.05) is 52.4 Å². The summed E-state index contributed by atoms with van der Waals surface area (Å²) in [6, 6.07) is 0. The lowest BCUT2D eigenvalue weighted by Crippen LogP contribution is -2.43. The smallest absolute Gasteiger partial charge is 0.333 e. The molecule has 0 fully saturated rings. The SMILES string of the molecule is CCCCCCCC/C=C\CCCCCCCCOC(=O)C(C)(C)CC(OCCCCCCCC/C=C\CCCCCCCC)O[Si](C)(C)OCCCCCCN(C)CCO.CCCCCCCC/C=C\CCCCCCCCOC(=O)C(C)(C)CC(OCCCCCCCC/C=C\CCCCCCCC)O[Si](C)(C)OCCCCCCN(C)CCO. The Morgan fingerprint density at radius 1 is 0.279 bits per heavy atom. The van der Waals surface area contributed by atoms with Gasteiger partial charge in [0.25, 0.3) is 0 Å². The number of aliphatic hydroxyl groups is 2. The monoisotopic (exact) mass is 1760 g/mol. The van der Waals surface area contributed by atoms with Gasteiger partial charge in [-0.2, -0.15) is 0 Å². The Morgan fingerprint density at radius 3 is 0.705 bits per heavy atom. The van der Waals surface area contributed by atoms with Crippen LogP contribution < -0.4 is 0 Å². The number of hydrogen-bond acceptors (Lipinski definition) is 14. The van der Waals surface area contributed by atoms with Crippen molar-refractivity contribution in [2.75, 3.05) is 93.1 Å². The van der Waals surface area contributed by atoms with Gasteiger partial charge >= 0.3 is 29.1 Å². The van der Waals surface area contributed by atoms with E-state index in [-0.39, 0.29) is 25.2 Å². The van der Waals surface area contributed by atoms with E-state index >= 15 is 0 Å². The molecule has 14 nitrogen and oxygen atoms in total. The number of allylic oxidation sites excluding steroid dienone is 8. The highest BCUT2D eigenvalue weighted by atomic mass is 28.4. The average molecular weight is 1760 g/mol. The van der Waals surface area contributed by atoms with Gasteiger partial charge in [0.2, 0.25) is 0 Å². The predicted octanol–water partition coefficient (Wildman–Crippen LogP) is 31.2. The number of esters is 2. The van der Waals surface area contributed by atoms with Gasteiger partial charge < -0.3 is 56.7 Å². The first-order chi connectivity index (χ1) is 59.1. The molecule has 0 saturated carbocycles. The molecule has 2 N–H and O–H groups in total. The molecule has 122 heavy (non-hydrogen) atoms. The first kappa shape index (κ1) is 122. The van der Waals surface area contributed by atoms with E-state index in [9.17, 15) is 9.59 Å². The number of likely N-dealkylation sites (N-methyl/N-ethyl adjacent to an activating group) is 2. The van der Waals surface area contributed by atoms with E-state index in [2.05, 4.69) is 126 Å². The number of unbranched alkanes of at least 4 members (excludes halogenated alkanes) is 54. The van der Waals surface area contributed by atoms with Crippen LogP contribution in [0.4, 0.5) is 0 Å². The Bertz CT molecular complexity index is 2130. The fourth-order valence-corrected chi connectivity index (χ4v) is 18.4. The standard InChI is InChI=1S/2C53H105NO6Si/c2*1-8-10-12-14-16-18-20-22-24-26-28-30-32-34-37-41-47-57-51(60-61(6,7)59-49-43-39-36-40-44-54(5)45-46-55)50-53(3,4)52(56)58-48-42-38-35-33-31-29-27-25-23-21-19-17-15-13-11-9-2/h2*22-25,51,55H,8-21,26-50H2,1-7H3/b2*24-22-,25-23-. The van der Waals surface area contributed by atoms with Crippen molar-refractivity contribution in [3.8, 4) is 0 Å². The normalized spacial score (nSPS) is 13.1. The van der Waals surface area contributed by atoms with Gasteiger partial charge in [0.15, 0.2) is 12.6 Å². The van der Waals surface area contributed by atoms with Crippen molar-refractivity contribution in [1.82, 2.24) is 9.80 Å². The Balaban J connectivity index is 0. The molecule has 0 amide bonds. The molecule has 0 aliphatic carbocycles. The zero-order chi connectivity index (χ0) is 89.9. The minimum atomic E-state index is -2.50. The third-order valence-electron chi connectivity index (χ3n) is 23.7. The number of aliphatic hydroxyl groups excluding tert-OH is 2. The zero-order valence-corrected chi connectivity index (χ0v) is 85.8. The number of hydrogen-bond donors (Lipinski definition) is 2. The molecule has 0 aromatic heterocycles. The summed E-state index contributed by atoms with van der Waals surface area (Å²) in [4.78, 5) is 31.1. The molecule has 0 radical (unpaired) electrons. The third-order valence-corrected chi connectivity index (χ3v) is 27.2. The van der Waals surface area contributed by atoms with Crippen molar-refractivity contribution >= 4 is 29.1 Å². The summed E-state index contributed by atoms with van der Waals surface area (Å²) >= 11 is 0. The van der Waals surface area contributed by atoms with Crippen molar-refractivity contribution in [1.29, 1.82) is 0 Å². The van der Waals surface area contributed by atoms with E-state index in [4.69, 9.17) is 46.9 Å². The molecule has 0 aliphatic heterocycles. The van der Waals surface area contributed by atoms with Gasteiger partial charge in [0.05, 0.1) is 37.3 Å². The van der Waals surface area contributed by atoms with E-state index in [1.807, 2.05) is 27.7 Å². The lowest BCUT2D eigenvalue weighted by Gasteiger charge is -2.33. The molecule has 0 aromatic rings. The summed E-state index contributed by atoms with van der Waals surface area (Å²) in [5.41, 5.74) is -1.44. The minimum absolute atomic E-state index is 0.167. The van der Waals surface area contributed by atoms with Crippen molar-refractivity contribution < 1.29 is 56.5 Å². The van der Waals surface area contributed by atoms with Crippen LogP contribution in [0.2, 0.25) is 26.2 Å². The molecule has 0 aromatic carbocycles. The third kappa shape index (κ3) is 89.9. The maximum Gasteiger partial charge on any atom is 0.333 e. The maximum atomic E-state index is 13.4. The lowest BCUT2D eigenvalue weighted by molar-refractivity contribution is -0.165. The molecule has 0 saturated heterocycles. The van der Waals surface area contributed by atoms with Crippen LogP contribution in [-0.2, 0) is 46.2 Å². The summed E-state index contributed by atoms with van der Waals surface area (Å²) in [7, 11) is -0.880. The number of ether oxygens (including phenoxy) is 4. The Morgan fingerprint density at radius 2 is 0.475 bits per heavy atom. The summed E-state index contributed by atoms with van der Waals surface area (Å²) in [5.74, 6) is -0.334. The molecule has 0 aliphatic rings. The van der Waals surface area contributed by atoms with Crippen LogP contribution in [0.3, 0.4) is 0 Å². The van der Waals surface area contributed by atoms with Crippen molar-refractivity contribution in [3.05, 3.63) is 48.6 Å². The van der Waals surface area contributed by atoms with Gasteiger partial charge in [-0.1, -0.05) is 333 Å². The van der Waals surface area contributed by atoms with Crippen LogP contribution in [0.15, 0.2) is 48.6 Å². The number of rotatable bonds is 96. The first-order valence-corrected chi connectivity index (χ1v) is 58.2. The molecular formula is C106H210N2O12Si2. The summed E-state index contributed by atoms with van der Waals surface area (Å²) in [6.45, 7) is 32.8. The van der Waals surface area contributed by atoms with Crippen molar-refractivity contribution in [2.24, 2.45) is 10.8 Å². The topological polar surface area (TPSA) is 155 Å². The van der Waals surface area contributed by atoms with E-state index in [0.29, 0.717) is 52.5 Å². The van der Waals surface area contributed by atoms with Crippen LogP contribution in [-0.4, -0.2) is 155 Å². The Kier molecular flexibility index (Phi) is 92.2. The number of carbonyl (C=O) groups is 2. The van der Waals surface area contributed by atoms with E-state index in [0.717, 1.165) is 129 Å². The molecule has 2 atom stereocenters. The van der Waals surface area contributed by atoms with Crippen molar-refractivity contribution in [2.45, 2.75) is 518 Å². The Hall–Kier alpha value is -2.07. The predicted molar refractivity (Wildman–Crippen MR) is 531 cm³/mol. The van der Waals surface area contributed by atoms with E-state index in [1.165, 1.54) is 308 Å². The van der Waals surface area contributed by atoms with Crippen LogP contribution >= 0.6 is 0 Å². The highest BCUT2D eigenvalue weighted by molar-refractivity contribution is 6.64. The molecule has 0 bridgehead atoms. The van der Waals surface area contributed by atoms with Crippen LogP contribution in [0.5, 0.6) is 0 Å². The summed E-state index contributed by atoms with van der Waals surface area (Å²) in [6.07, 6.45) is 98.9. The maximum absolute atomic E-state index is 13.4. The second-order valence-electron chi connectivity index (χ2n) is 38.4. The summed E-state index contributed by atoms with van der Waals surface area (Å²) in [5, 5.41) is 18.2. The summed E-state index contributed by atoms with van der Waals surface area (Å²) < 4.78 is 50.5. The molecule has 0 rings (SSSR count). The van der Waals surface area contributed by atoms with E-state index < -0.39 is 40.5 Å². The molecule has 724 valence electrons. The fourth-order valence-electron chi connectivity index (χ4n) is 15.4. The van der Waals surface area contributed by atoms with Crippen LogP contribution in [0.25, 0.3) is 0 Å². The first-order valence-electron chi connectivity index (χ1n) is 52.6. The van der Waals surface area contributed by atoms with Crippen LogP contribution in [0.1, 0.15) is 479 Å². The highest BCUT2D eigenvalue weighted by Crippen LogP contribution is 2.31. The second kappa shape index (κ2) is 92.2. The Labute approximate surface area is 761 Å². The highest BCUT2D eigenvalue weighted by Gasteiger charge is 2.39. The second-order valence-corrected chi connectivity index (χ2v) is 45.1. The van der Waals surface area contributed by atoms with Gasteiger partial charge in [-0.15, -0.1) is 0 Å². The minimum Gasteiger partial charge on any atom is -0.465 e. The molecule has 16 heteroatoms. The van der Waals surface area contributed by atoms with Gasteiger partial charge in [-0.3, -0.25) is 9.59 Å². The number of carbonyl (C=O) groups excluding carboxylic acids is 2. The van der Waals surface area contributed by atoms with Gasteiger partial charge in [-0.05, 0) is 235 Å². The van der Waals surface area contributed by atoms with E-state index in [1.54, 1.807) is 0 Å². The van der Waals surface area contributed by atoms with Gasteiger partial charge in [0.1, 0.15) is 0 Å². The van der Waals surface area contributed by atoms with Gasteiger partial charge in [-0.25, -0.2) is 0 Å². The largest absolute Gasteiger partial charge is 0.465 e. The quantitative estimate of drug-likeness (QED) is 0.0195. The zero-order valence-electron chi connectivity index (χ0n) is 83.8. The molecule has 2 unspecified atom stereocenters. The number of nitrogens with zero attached hydrogens (tertiary/aromatic N) is 2. The molecule has 0 heterocycles. The fraction of sp³-hybridized carbons (Fsp3) is 0.906. The molecular weight excluding hydrogens is 1550 g/mol. The lowest BCUT2D eigenvalue weighted by atomic mass is 9.89. The van der Waals surface area contributed by atoms with Crippen LogP contribution in [0, 0.1) is 10.8 Å². The average Bonchev–Trinajstić information content (AvgIpc) is 0.854. The van der Waals surface area contributed by atoms with Crippen molar-refractivity contribution in [3.63, 3.8) is 0 Å². The molecule has 0 spiro atoms.